The summed E-state index contributed by atoms with van der Waals surface area (Å²) in [5.74, 6) is 0.842. The Kier molecular flexibility index (Phi) is 4.71. The molecule has 0 radical (unpaired) electrons. The molecule has 0 spiro atoms. The van der Waals surface area contributed by atoms with Crippen LogP contribution >= 0.6 is 23.5 Å². The van der Waals surface area contributed by atoms with Gasteiger partial charge in [-0.15, -0.1) is 14.4 Å². The molecule has 3 rings (SSSR count). The van der Waals surface area contributed by atoms with Crippen LogP contribution in [0.25, 0.3) is 11.0 Å². The summed E-state index contributed by atoms with van der Waals surface area (Å²) in [5, 5.41) is 9.02. The van der Waals surface area contributed by atoms with Gasteiger partial charge in [0.05, 0.1) is 10.6 Å². The molecule has 9 heteroatoms. The quantitative estimate of drug-likeness (QED) is 0.727. The minimum absolute atomic E-state index is 0.153. The van der Waals surface area contributed by atoms with Crippen LogP contribution in [0, 0.1) is 6.92 Å². The Hall–Kier alpha value is -1.77. The molecule has 6 nitrogen and oxygen atoms in total. The number of fused-ring (bicyclic) bond motifs is 1. The van der Waals surface area contributed by atoms with Crippen molar-refractivity contribution in [3.63, 3.8) is 0 Å². The van der Waals surface area contributed by atoms with Crippen LogP contribution < -0.4 is 4.72 Å². The lowest BCUT2D eigenvalue weighted by Crippen LogP contribution is -2.14. The maximum absolute atomic E-state index is 12.6. The molecule has 1 N–H and O–H groups in total. The van der Waals surface area contributed by atoms with Crippen LogP contribution in [0.2, 0.25) is 5.02 Å². The Morgan fingerprint density at radius 2 is 1.96 bits per heavy atom. The first-order chi connectivity index (χ1) is 11.4. The van der Waals surface area contributed by atoms with E-state index in [1.54, 1.807) is 37.3 Å². The van der Waals surface area contributed by atoms with E-state index in [1.165, 1.54) is 22.2 Å². The van der Waals surface area contributed by atoms with Crippen molar-refractivity contribution >= 4 is 50.3 Å². The lowest BCUT2D eigenvalue weighted by molar-refractivity contribution is 0.600. The van der Waals surface area contributed by atoms with E-state index in [0.29, 0.717) is 27.3 Å². The van der Waals surface area contributed by atoms with Gasteiger partial charge in [-0.2, -0.15) is 0 Å². The molecule has 0 saturated heterocycles. The molecule has 0 atom stereocenters. The maximum atomic E-state index is 12.6. The molecule has 0 saturated carbocycles. The second-order valence-corrected chi connectivity index (χ2v) is 8.26. The summed E-state index contributed by atoms with van der Waals surface area (Å²) in [7, 11) is -3.73. The summed E-state index contributed by atoms with van der Waals surface area (Å²) in [6.45, 7) is 3.68. The minimum atomic E-state index is -3.73. The number of halogens is 1. The number of nitrogens with zero attached hydrogens (tertiary/aromatic N) is 3. The molecule has 24 heavy (non-hydrogen) atoms. The molecule has 0 fully saturated rings. The third-order valence-corrected chi connectivity index (χ3v) is 5.95. The van der Waals surface area contributed by atoms with Crippen molar-refractivity contribution < 1.29 is 8.42 Å². The van der Waals surface area contributed by atoms with Crippen molar-refractivity contribution in [2.24, 2.45) is 0 Å². The molecule has 0 aliphatic heterocycles. The highest BCUT2D eigenvalue weighted by Gasteiger charge is 2.18. The van der Waals surface area contributed by atoms with Crippen LogP contribution in [-0.2, 0) is 10.0 Å². The van der Waals surface area contributed by atoms with Gasteiger partial charge >= 0.3 is 0 Å². The van der Waals surface area contributed by atoms with Gasteiger partial charge < -0.3 is 0 Å². The zero-order chi connectivity index (χ0) is 17.3. The van der Waals surface area contributed by atoms with Crippen LogP contribution in [-0.4, -0.2) is 28.6 Å². The second kappa shape index (κ2) is 6.62. The van der Waals surface area contributed by atoms with Crippen molar-refractivity contribution in [3.8, 4) is 0 Å². The average molecular weight is 383 g/mol. The van der Waals surface area contributed by atoms with Crippen molar-refractivity contribution in [1.82, 2.24) is 14.4 Å². The van der Waals surface area contributed by atoms with Crippen LogP contribution in [0.15, 0.2) is 41.3 Å². The van der Waals surface area contributed by atoms with Gasteiger partial charge in [-0.1, -0.05) is 24.6 Å². The van der Waals surface area contributed by atoms with Crippen molar-refractivity contribution in [1.29, 1.82) is 0 Å². The van der Waals surface area contributed by atoms with Gasteiger partial charge in [-0.25, -0.2) is 8.42 Å². The number of rotatable bonds is 5. The summed E-state index contributed by atoms with van der Waals surface area (Å²) in [6.07, 6.45) is 0. The summed E-state index contributed by atoms with van der Waals surface area (Å²) in [5.41, 5.74) is 2.27. The van der Waals surface area contributed by atoms with Crippen LogP contribution in [0.3, 0.4) is 0 Å². The molecule has 0 bridgehead atoms. The summed E-state index contributed by atoms with van der Waals surface area (Å²) < 4.78 is 29.3. The van der Waals surface area contributed by atoms with E-state index in [4.69, 9.17) is 11.6 Å². The Bertz CT molecular complexity index is 1000. The Morgan fingerprint density at radius 3 is 2.71 bits per heavy atom. The smallest absolute Gasteiger partial charge is 0.262 e. The van der Waals surface area contributed by atoms with Crippen LogP contribution in [0.4, 0.5) is 5.69 Å². The molecule has 3 aromatic rings. The number of hydrogen-bond donors (Lipinski definition) is 1. The van der Waals surface area contributed by atoms with E-state index in [2.05, 4.69) is 14.9 Å². The lowest BCUT2D eigenvalue weighted by atomic mass is 10.2. The largest absolute Gasteiger partial charge is 0.280 e. The number of sulfonamides is 1. The van der Waals surface area contributed by atoms with Gasteiger partial charge in [0.15, 0.2) is 0 Å². The van der Waals surface area contributed by atoms with Gasteiger partial charge in [-0.05, 0) is 54.8 Å². The maximum Gasteiger partial charge on any atom is 0.262 e. The molecule has 1 aromatic heterocycles. The SMILES string of the molecule is CCSn1nc2ccc(NS(=O)(=O)c3cccc(Cl)c3C)cc2n1. The van der Waals surface area contributed by atoms with Crippen molar-refractivity contribution in [2.75, 3.05) is 10.5 Å². The first kappa shape index (κ1) is 17.1. The molecule has 0 aliphatic rings. The molecular weight excluding hydrogens is 368 g/mol. The first-order valence-electron chi connectivity index (χ1n) is 7.19. The fraction of sp³-hybridized carbons (Fsp3) is 0.200. The van der Waals surface area contributed by atoms with E-state index in [-0.39, 0.29) is 4.90 Å². The van der Waals surface area contributed by atoms with E-state index < -0.39 is 10.0 Å². The highest BCUT2D eigenvalue weighted by atomic mass is 35.5. The zero-order valence-electron chi connectivity index (χ0n) is 13.0. The third-order valence-electron chi connectivity index (χ3n) is 3.37. The van der Waals surface area contributed by atoms with Crippen molar-refractivity contribution in [3.05, 3.63) is 47.0 Å². The van der Waals surface area contributed by atoms with Gasteiger partial charge in [0, 0.05) is 10.8 Å². The number of hydrogen-bond acceptors (Lipinski definition) is 5. The predicted molar refractivity (Wildman–Crippen MR) is 98.1 cm³/mol. The van der Waals surface area contributed by atoms with E-state index in [0.717, 1.165) is 5.75 Å². The number of anilines is 1. The van der Waals surface area contributed by atoms with E-state index in [9.17, 15) is 8.42 Å². The van der Waals surface area contributed by atoms with E-state index >= 15 is 0 Å². The monoisotopic (exact) mass is 382 g/mol. The second-order valence-electron chi connectivity index (χ2n) is 5.04. The Balaban J connectivity index is 1.94. The van der Waals surface area contributed by atoms with E-state index in [1.807, 2.05) is 6.92 Å². The molecular formula is C15H15ClN4O2S2. The average Bonchev–Trinajstić information content (AvgIpc) is 2.91. The number of benzene rings is 2. The standard InChI is InChI=1S/C15H15ClN4O2S2/c1-3-23-20-17-13-8-7-11(9-14(13)18-20)19-24(21,22)15-6-4-5-12(16)10(15)2/h4-9,19H,3H2,1-2H3. The molecule has 0 aliphatic carbocycles. The molecule has 1 heterocycles. The van der Waals surface area contributed by atoms with Crippen LogP contribution in [0.1, 0.15) is 12.5 Å². The number of aromatic nitrogens is 3. The fourth-order valence-electron chi connectivity index (χ4n) is 2.22. The van der Waals surface area contributed by atoms with Gasteiger partial charge in [-0.3, -0.25) is 4.72 Å². The van der Waals surface area contributed by atoms with Gasteiger partial charge in [0.1, 0.15) is 11.0 Å². The Morgan fingerprint density at radius 1 is 1.21 bits per heavy atom. The Labute approximate surface area is 149 Å². The summed E-state index contributed by atoms with van der Waals surface area (Å²) in [6, 6.07) is 9.85. The topological polar surface area (TPSA) is 76.9 Å². The summed E-state index contributed by atoms with van der Waals surface area (Å²) >= 11 is 7.48. The summed E-state index contributed by atoms with van der Waals surface area (Å²) in [4.78, 5) is 0.153. The normalized spacial score (nSPS) is 11.8. The molecule has 126 valence electrons. The fourth-order valence-corrected chi connectivity index (χ4v) is 4.29. The minimum Gasteiger partial charge on any atom is -0.280 e. The lowest BCUT2D eigenvalue weighted by Gasteiger charge is -2.11. The van der Waals surface area contributed by atoms with Crippen molar-refractivity contribution in [2.45, 2.75) is 18.7 Å². The van der Waals surface area contributed by atoms with Gasteiger partial charge in [0.25, 0.3) is 10.0 Å². The molecule has 0 amide bonds. The third kappa shape index (κ3) is 3.35. The highest BCUT2D eigenvalue weighted by molar-refractivity contribution is 7.97. The van der Waals surface area contributed by atoms with Gasteiger partial charge in [0.2, 0.25) is 0 Å². The number of nitrogens with one attached hydrogen (secondary N) is 1. The first-order valence-corrected chi connectivity index (χ1v) is 9.99. The van der Waals surface area contributed by atoms with Crippen LogP contribution in [0.5, 0.6) is 0 Å². The zero-order valence-corrected chi connectivity index (χ0v) is 15.4. The highest BCUT2D eigenvalue weighted by Crippen LogP contribution is 2.25. The molecule has 0 unspecified atom stereocenters. The predicted octanol–water partition coefficient (Wildman–Crippen LogP) is 3.71. The molecule has 2 aromatic carbocycles.